The van der Waals surface area contributed by atoms with Crippen LogP contribution < -0.4 is 0 Å². The average molecular weight is 181 g/mol. The minimum Gasteiger partial charge on any atom is -0.466 e. The van der Waals surface area contributed by atoms with E-state index in [9.17, 15) is 4.79 Å². The molecule has 0 aromatic rings. The smallest absolute Gasteiger partial charge is 0.330 e. The second kappa shape index (κ2) is 4.82. The van der Waals surface area contributed by atoms with Crippen LogP contribution in [0.15, 0.2) is 23.8 Å². The predicted molar refractivity (Wildman–Crippen MR) is 51.4 cm³/mol. The molecule has 0 aliphatic carbocycles. The highest BCUT2D eigenvalue weighted by molar-refractivity contribution is 5.82. The van der Waals surface area contributed by atoms with Crippen molar-refractivity contribution in [1.82, 2.24) is 4.90 Å². The Kier molecular flexibility index (Phi) is 3.71. The molecule has 0 radical (unpaired) electrons. The van der Waals surface area contributed by atoms with Crippen molar-refractivity contribution in [3.63, 3.8) is 0 Å². The van der Waals surface area contributed by atoms with E-state index in [1.807, 2.05) is 6.08 Å². The fourth-order valence-corrected chi connectivity index (χ4v) is 1.18. The van der Waals surface area contributed by atoms with Gasteiger partial charge in [0.15, 0.2) is 0 Å². The molecule has 0 unspecified atom stereocenters. The lowest BCUT2D eigenvalue weighted by Gasteiger charge is -2.19. The van der Waals surface area contributed by atoms with Gasteiger partial charge in [-0.25, -0.2) is 4.79 Å². The maximum atomic E-state index is 10.8. The van der Waals surface area contributed by atoms with Crippen LogP contribution in [0.25, 0.3) is 0 Å². The Morgan fingerprint density at radius 3 is 3.00 bits per heavy atom. The number of nitrogens with zero attached hydrogens (tertiary/aromatic N) is 1. The van der Waals surface area contributed by atoms with Gasteiger partial charge in [-0.15, -0.1) is 0 Å². The van der Waals surface area contributed by atoms with Gasteiger partial charge in [0.05, 0.1) is 7.11 Å². The summed E-state index contributed by atoms with van der Waals surface area (Å²) in [5.41, 5.74) is 1.21. The van der Waals surface area contributed by atoms with E-state index in [1.165, 1.54) is 18.8 Å². The van der Waals surface area contributed by atoms with Gasteiger partial charge < -0.3 is 9.64 Å². The summed E-state index contributed by atoms with van der Waals surface area (Å²) in [6.45, 7) is 2.01. The van der Waals surface area contributed by atoms with Crippen LogP contribution in [-0.2, 0) is 9.53 Å². The summed E-state index contributed by atoms with van der Waals surface area (Å²) in [6, 6.07) is 0. The zero-order valence-electron chi connectivity index (χ0n) is 8.12. The fraction of sp³-hybridized carbons (Fsp3) is 0.500. The number of likely N-dealkylation sites (N-methyl/N-ethyl adjacent to an activating group) is 1. The normalized spacial score (nSPS) is 18.8. The quantitative estimate of drug-likeness (QED) is 0.470. The van der Waals surface area contributed by atoms with Crippen LogP contribution in [0.5, 0.6) is 0 Å². The van der Waals surface area contributed by atoms with Crippen LogP contribution in [0, 0.1) is 0 Å². The molecule has 1 rings (SSSR count). The molecule has 0 aromatic heterocycles. The Morgan fingerprint density at radius 2 is 2.46 bits per heavy atom. The van der Waals surface area contributed by atoms with Gasteiger partial charge in [-0.3, -0.25) is 0 Å². The molecule has 3 nitrogen and oxygen atoms in total. The van der Waals surface area contributed by atoms with Gasteiger partial charge in [-0.2, -0.15) is 0 Å². The Labute approximate surface area is 78.7 Å². The van der Waals surface area contributed by atoms with E-state index >= 15 is 0 Å². The third-order valence-electron chi connectivity index (χ3n) is 2.08. The van der Waals surface area contributed by atoms with Crippen LogP contribution in [0.1, 0.15) is 6.42 Å². The van der Waals surface area contributed by atoms with Gasteiger partial charge in [-0.05, 0) is 19.0 Å². The molecule has 0 aromatic carbocycles. The largest absolute Gasteiger partial charge is 0.466 e. The number of carbonyl (C=O) groups excluding carboxylic acids is 1. The lowest BCUT2D eigenvalue weighted by atomic mass is 10.1. The first-order valence-corrected chi connectivity index (χ1v) is 4.36. The number of ether oxygens (including phenoxy) is 1. The van der Waals surface area contributed by atoms with Gasteiger partial charge in [0.1, 0.15) is 0 Å². The summed E-state index contributed by atoms with van der Waals surface area (Å²) in [7, 11) is 3.47. The first-order valence-electron chi connectivity index (χ1n) is 4.36. The molecule has 0 spiro atoms. The molecule has 1 aliphatic heterocycles. The summed E-state index contributed by atoms with van der Waals surface area (Å²) >= 11 is 0. The van der Waals surface area contributed by atoms with Crippen LogP contribution in [0.4, 0.5) is 0 Å². The summed E-state index contributed by atoms with van der Waals surface area (Å²) in [4.78, 5) is 13.0. The number of rotatable bonds is 2. The fourth-order valence-electron chi connectivity index (χ4n) is 1.18. The lowest BCUT2D eigenvalue weighted by molar-refractivity contribution is -0.134. The Balaban J connectivity index is 2.45. The van der Waals surface area contributed by atoms with E-state index in [0.717, 1.165) is 19.5 Å². The topological polar surface area (TPSA) is 29.5 Å². The van der Waals surface area contributed by atoms with Gasteiger partial charge in [-0.1, -0.05) is 12.2 Å². The highest BCUT2D eigenvalue weighted by atomic mass is 16.5. The molecule has 0 saturated carbocycles. The van der Waals surface area contributed by atoms with Crippen molar-refractivity contribution >= 4 is 5.97 Å². The molecule has 0 fully saturated rings. The molecule has 13 heavy (non-hydrogen) atoms. The number of carbonyl (C=O) groups is 1. The second-order valence-corrected chi connectivity index (χ2v) is 3.15. The summed E-state index contributed by atoms with van der Waals surface area (Å²) < 4.78 is 4.50. The second-order valence-electron chi connectivity index (χ2n) is 3.15. The number of esters is 1. The van der Waals surface area contributed by atoms with Gasteiger partial charge in [0.2, 0.25) is 0 Å². The predicted octanol–water partition coefficient (Wildman–Crippen LogP) is 0.977. The molecule has 0 atom stereocenters. The van der Waals surface area contributed by atoms with E-state index in [-0.39, 0.29) is 5.97 Å². The zero-order chi connectivity index (χ0) is 9.68. The van der Waals surface area contributed by atoms with Gasteiger partial charge in [0.25, 0.3) is 0 Å². The maximum Gasteiger partial charge on any atom is 0.330 e. The van der Waals surface area contributed by atoms with E-state index in [0.29, 0.717) is 0 Å². The average Bonchev–Trinajstić information content (AvgIpc) is 2.16. The van der Waals surface area contributed by atoms with E-state index in [1.54, 1.807) is 0 Å². The van der Waals surface area contributed by atoms with Crippen molar-refractivity contribution in [2.24, 2.45) is 0 Å². The highest BCUT2D eigenvalue weighted by Crippen LogP contribution is 2.09. The highest BCUT2D eigenvalue weighted by Gasteiger charge is 2.04. The Hall–Kier alpha value is -1.09. The lowest BCUT2D eigenvalue weighted by Crippen LogP contribution is -2.23. The van der Waals surface area contributed by atoms with Crippen LogP contribution >= 0.6 is 0 Å². The van der Waals surface area contributed by atoms with E-state index in [2.05, 4.69) is 22.8 Å². The molecule has 0 amide bonds. The number of allylic oxidation sites excluding steroid dienone is 1. The standard InChI is InChI=1S/C10H15NO2/c1-11-7-5-9(6-8-11)3-4-10(12)13-2/h3-5H,6-8H2,1-2H3/b4-3+. The van der Waals surface area contributed by atoms with Crippen molar-refractivity contribution in [3.05, 3.63) is 23.8 Å². The van der Waals surface area contributed by atoms with E-state index < -0.39 is 0 Å². The van der Waals surface area contributed by atoms with Crippen molar-refractivity contribution in [2.45, 2.75) is 6.42 Å². The SMILES string of the molecule is COC(=O)/C=C/C1=CCN(C)CC1. The summed E-state index contributed by atoms with van der Waals surface area (Å²) in [5, 5.41) is 0. The molecule has 1 aliphatic rings. The van der Waals surface area contributed by atoms with Gasteiger partial charge >= 0.3 is 5.97 Å². The molecule has 1 heterocycles. The number of hydrogen-bond donors (Lipinski definition) is 0. The summed E-state index contributed by atoms with van der Waals surface area (Å²) in [6.07, 6.45) is 6.43. The minimum absolute atomic E-state index is 0.292. The van der Waals surface area contributed by atoms with Crippen molar-refractivity contribution < 1.29 is 9.53 Å². The third-order valence-corrected chi connectivity index (χ3v) is 2.08. The molecular weight excluding hydrogens is 166 g/mol. The Bertz CT molecular complexity index is 243. The van der Waals surface area contributed by atoms with Gasteiger partial charge in [0, 0.05) is 19.2 Å². The van der Waals surface area contributed by atoms with Crippen LogP contribution in [0.3, 0.4) is 0 Å². The molecule has 72 valence electrons. The molecule has 0 bridgehead atoms. The van der Waals surface area contributed by atoms with Crippen molar-refractivity contribution in [2.75, 3.05) is 27.2 Å². The molecular formula is C10H15NO2. The monoisotopic (exact) mass is 181 g/mol. The maximum absolute atomic E-state index is 10.8. The Morgan fingerprint density at radius 1 is 1.69 bits per heavy atom. The van der Waals surface area contributed by atoms with Crippen molar-refractivity contribution in [1.29, 1.82) is 0 Å². The summed E-state index contributed by atoms with van der Waals surface area (Å²) in [5.74, 6) is -0.292. The zero-order valence-corrected chi connectivity index (χ0v) is 8.12. The first-order chi connectivity index (χ1) is 6.22. The van der Waals surface area contributed by atoms with Crippen LogP contribution in [0.2, 0.25) is 0 Å². The van der Waals surface area contributed by atoms with Crippen molar-refractivity contribution in [3.8, 4) is 0 Å². The number of hydrogen-bond acceptors (Lipinski definition) is 3. The molecule has 0 N–H and O–H groups in total. The molecule has 3 heteroatoms. The molecule has 0 saturated heterocycles. The first kappa shape index (κ1) is 9.99. The number of methoxy groups -OCH3 is 1. The van der Waals surface area contributed by atoms with E-state index in [4.69, 9.17) is 0 Å². The minimum atomic E-state index is -0.292. The third kappa shape index (κ3) is 3.42. The van der Waals surface area contributed by atoms with Crippen LogP contribution in [-0.4, -0.2) is 38.1 Å².